The highest BCUT2D eigenvalue weighted by Crippen LogP contribution is 2.27. The number of aryl methyl sites for hydroxylation is 4. The third-order valence-electron chi connectivity index (χ3n) is 6.02. The van der Waals surface area contributed by atoms with Gasteiger partial charge in [0.1, 0.15) is 22.2 Å². The van der Waals surface area contributed by atoms with Crippen LogP contribution in [0.3, 0.4) is 0 Å². The van der Waals surface area contributed by atoms with E-state index in [-0.39, 0.29) is 5.56 Å². The molecule has 1 N–H and O–H groups in total. The van der Waals surface area contributed by atoms with E-state index in [0.29, 0.717) is 24.9 Å². The Morgan fingerprint density at radius 2 is 1.75 bits per heavy atom. The third-order valence-corrected chi connectivity index (χ3v) is 7.12. The number of H-pyrrole nitrogens is 1. The highest BCUT2D eigenvalue weighted by atomic mass is 32.1. The van der Waals surface area contributed by atoms with Gasteiger partial charge < -0.3 is 13.8 Å². The summed E-state index contributed by atoms with van der Waals surface area (Å²) in [7, 11) is 0. The van der Waals surface area contributed by atoms with Crippen LogP contribution < -0.4 is 5.56 Å². The quantitative estimate of drug-likeness (QED) is 0.490. The molecule has 5 heterocycles. The maximum absolute atomic E-state index is 12.5. The predicted molar refractivity (Wildman–Crippen MR) is 122 cm³/mol. The summed E-state index contributed by atoms with van der Waals surface area (Å²) in [4.78, 5) is 26.8. The van der Waals surface area contributed by atoms with E-state index in [4.69, 9.17) is 13.8 Å². The van der Waals surface area contributed by atoms with E-state index >= 15 is 0 Å². The molecule has 1 fully saturated rings. The van der Waals surface area contributed by atoms with Crippen molar-refractivity contribution in [3.63, 3.8) is 0 Å². The molecule has 10 heteroatoms. The first-order valence-corrected chi connectivity index (χ1v) is 11.5. The molecule has 1 saturated heterocycles. The molecule has 0 aromatic carbocycles. The Balaban J connectivity index is 1.19. The number of aromatic nitrogens is 4. The van der Waals surface area contributed by atoms with Crippen LogP contribution in [0.25, 0.3) is 21.7 Å². The molecule has 0 aliphatic carbocycles. The standard InChI is InChI=1S/C22H26N6O3S/c1-12-9-16(14(3)30-12)21-26-25-18(31-21)11-28-7-5-27(6-8-28)10-17-23-20(29)19-13(2)15(4)32-22(19)24-17/h9H,5-8,10-11H2,1-4H3,(H,23,24,29). The van der Waals surface area contributed by atoms with Crippen molar-refractivity contribution in [2.45, 2.75) is 40.8 Å². The summed E-state index contributed by atoms with van der Waals surface area (Å²) in [6.07, 6.45) is 0. The predicted octanol–water partition coefficient (Wildman–Crippen LogP) is 3.18. The molecule has 1 aliphatic rings. The van der Waals surface area contributed by atoms with Crippen LogP contribution >= 0.6 is 11.3 Å². The minimum atomic E-state index is -0.0410. The number of hydrogen-bond acceptors (Lipinski definition) is 9. The maximum atomic E-state index is 12.5. The number of fused-ring (bicyclic) bond motifs is 1. The maximum Gasteiger partial charge on any atom is 0.259 e. The van der Waals surface area contributed by atoms with Gasteiger partial charge in [-0.15, -0.1) is 21.5 Å². The number of nitrogens with zero attached hydrogens (tertiary/aromatic N) is 5. The summed E-state index contributed by atoms with van der Waals surface area (Å²) in [5, 5.41) is 9.12. The van der Waals surface area contributed by atoms with Crippen LogP contribution in [0.4, 0.5) is 0 Å². The first-order valence-electron chi connectivity index (χ1n) is 10.7. The smallest absolute Gasteiger partial charge is 0.259 e. The summed E-state index contributed by atoms with van der Waals surface area (Å²) in [6.45, 7) is 12.6. The van der Waals surface area contributed by atoms with E-state index in [1.807, 2.05) is 33.8 Å². The van der Waals surface area contributed by atoms with Gasteiger partial charge in [0, 0.05) is 31.1 Å². The van der Waals surface area contributed by atoms with Crippen LogP contribution in [0.1, 0.15) is 33.7 Å². The molecule has 0 bridgehead atoms. The Morgan fingerprint density at radius 1 is 1.03 bits per heavy atom. The van der Waals surface area contributed by atoms with E-state index in [0.717, 1.165) is 69.7 Å². The second kappa shape index (κ2) is 8.27. The van der Waals surface area contributed by atoms with Crippen molar-refractivity contribution < 1.29 is 8.83 Å². The largest absolute Gasteiger partial charge is 0.466 e. The lowest BCUT2D eigenvalue weighted by molar-refractivity contribution is 0.112. The number of furan rings is 1. The summed E-state index contributed by atoms with van der Waals surface area (Å²) < 4.78 is 11.4. The molecule has 0 radical (unpaired) electrons. The Morgan fingerprint density at radius 3 is 2.44 bits per heavy atom. The van der Waals surface area contributed by atoms with Gasteiger partial charge in [-0.2, -0.15) is 0 Å². The fourth-order valence-corrected chi connectivity index (χ4v) is 5.20. The van der Waals surface area contributed by atoms with E-state index in [9.17, 15) is 4.79 Å². The van der Waals surface area contributed by atoms with Crippen molar-refractivity contribution in [1.29, 1.82) is 0 Å². The number of thiophene rings is 1. The first-order chi connectivity index (χ1) is 15.4. The number of piperazine rings is 1. The van der Waals surface area contributed by atoms with E-state index in [2.05, 4.69) is 25.0 Å². The molecule has 5 rings (SSSR count). The van der Waals surface area contributed by atoms with Crippen LogP contribution in [0, 0.1) is 27.7 Å². The van der Waals surface area contributed by atoms with Crippen molar-refractivity contribution in [1.82, 2.24) is 30.0 Å². The molecular formula is C22H26N6O3S. The number of nitrogens with one attached hydrogen (secondary N) is 1. The number of hydrogen-bond donors (Lipinski definition) is 1. The van der Waals surface area contributed by atoms with Gasteiger partial charge in [-0.05, 0) is 39.3 Å². The molecule has 1 aliphatic heterocycles. The monoisotopic (exact) mass is 454 g/mol. The molecular weight excluding hydrogens is 428 g/mol. The van der Waals surface area contributed by atoms with Gasteiger partial charge in [0.15, 0.2) is 0 Å². The molecule has 168 valence electrons. The topological polar surface area (TPSA) is 104 Å². The average molecular weight is 455 g/mol. The Bertz CT molecular complexity index is 1330. The molecule has 0 spiro atoms. The number of aromatic amines is 1. The van der Waals surface area contributed by atoms with Crippen molar-refractivity contribution in [3.05, 3.63) is 50.1 Å². The zero-order chi connectivity index (χ0) is 22.4. The van der Waals surface area contributed by atoms with Crippen molar-refractivity contribution in [2.24, 2.45) is 0 Å². The number of rotatable bonds is 5. The van der Waals surface area contributed by atoms with Crippen molar-refractivity contribution in [3.8, 4) is 11.5 Å². The fraction of sp³-hybridized carbons (Fsp3) is 0.455. The zero-order valence-corrected chi connectivity index (χ0v) is 19.5. The molecule has 0 unspecified atom stereocenters. The van der Waals surface area contributed by atoms with Gasteiger partial charge in [-0.1, -0.05) is 0 Å². The molecule has 0 amide bonds. The Labute approximate surface area is 189 Å². The Kier molecular flexibility index (Phi) is 5.44. The van der Waals surface area contributed by atoms with Crippen molar-refractivity contribution in [2.75, 3.05) is 26.2 Å². The van der Waals surface area contributed by atoms with Crippen LogP contribution in [0.5, 0.6) is 0 Å². The fourth-order valence-electron chi connectivity index (χ4n) is 4.15. The van der Waals surface area contributed by atoms with Crippen LogP contribution in [0.2, 0.25) is 0 Å². The Hall–Kier alpha value is -2.82. The van der Waals surface area contributed by atoms with Gasteiger partial charge in [0.05, 0.1) is 24.0 Å². The van der Waals surface area contributed by atoms with Crippen LogP contribution in [-0.4, -0.2) is 56.1 Å². The van der Waals surface area contributed by atoms with Crippen molar-refractivity contribution >= 4 is 21.6 Å². The van der Waals surface area contributed by atoms with E-state index < -0.39 is 0 Å². The van der Waals surface area contributed by atoms with Gasteiger partial charge in [-0.25, -0.2) is 4.98 Å². The summed E-state index contributed by atoms with van der Waals surface area (Å²) in [5.41, 5.74) is 1.84. The lowest BCUT2D eigenvalue weighted by Gasteiger charge is -2.33. The molecule has 0 atom stereocenters. The lowest BCUT2D eigenvalue weighted by Crippen LogP contribution is -2.45. The SMILES string of the molecule is Cc1cc(-c2nnc(CN3CCN(Cc4nc5sc(C)c(C)c5c(=O)[nH]4)CC3)o2)c(C)o1. The molecule has 4 aromatic heterocycles. The molecule has 9 nitrogen and oxygen atoms in total. The lowest BCUT2D eigenvalue weighted by atomic mass is 10.2. The minimum absolute atomic E-state index is 0.0410. The zero-order valence-electron chi connectivity index (χ0n) is 18.7. The second-order valence-corrected chi connectivity index (χ2v) is 9.56. The third kappa shape index (κ3) is 4.01. The van der Waals surface area contributed by atoms with E-state index in [1.165, 1.54) is 0 Å². The minimum Gasteiger partial charge on any atom is -0.466 e. The van der Waals surface area contributed by atoms with Crippen LogP contribution in [-0.2, 0) is 13.1 Å². The van der Waals surface area contributed by atoms with Gasteiger partial charge in [-0.3, -0.25) is 14.6 Å². The molecule has 32 heavy (non-hydrogen) atoms. The molecule has 0 saturated carbocycles. The van der Waals surface area contributed by atoms with Crippen LogP contribution in [0.15, 0.2) is 19.7 Å². The highest BCUT2D eigenvalue weighted by Gasteiger charge is 2.22. The van der Waals surface area contributed by atoms with Gasteiger partial charge in [0.25, 0.3) is 11.4 Å². The van der Waals surface area contributed by atoms with Gasteiger partial charge >= 0.3 is 0 Å². The summed E-state index contributed by atoms with van der Waals surface area (Å²) in [5.74, 6) is 3.44. The highest BCUT2D eigenvalue weighted by molar-refractivity contribution is 7.18. The van der Waals surface area contributed by atoms with Gasteiger partial charge in [0.2, 0.25) is 5.89 Å². The first kappa shape index (κ1) is 21.0. The molecule has 4 aromatic rings. The average Bonchev–Trinajstić information content (AvgIpc) is 3.41. The summed E-state index contributed by atoms with van der Waals surface area (Å²) in [6, 6.07) is 1.92. The second-order valence-electron chi connectivity index (χ2n) is 8.36. The normalized spacial score (nSPS) is 15.8. The summed E-state index contributed by atoms with van der Waals surface area (Å²) >= 11 is 1.59. The van der Waals surface area contributed by atoms with E-state index in [1.54, 1.807) is 11.3 Å².